The van der Waals surface area contributed by atoms with Crippen molar-refractivity contribution in [3.63, 3.8) is 0 Å². The monoisotopic (exact) mass is 310 g/mol. The van der Waals surface area contributed by atoms with Gasteiger partial charge in [0, 0.05) is 19.1 Å². The third-order valence-corrected chi connectivity index (χ3v) is 6.35. The van der Waals surface area contributed by atoms with Crippen molar-refractivity contribution in [1.29, 1.82) is 0 Å². The van der Waals surface area contributed by atoms with Crippen molar-refractivity contribution in [3.05, 3.63) is 24.3 Å². The van der Waals surface area contributed by atoms with Crippen molar-refractivity contribution in [3.8, 4) is 0 Å². The quantitative estimate of drug-likeness (QED) is 0.639. The molecule has 0 radical (unpaired) electrons. The van der Waals surface area contributed by atoms with Gasteiger partial charge in [0.2, 0.25) is 10.0 Å². The van der Waals surface area contributed by atoms with Crippen LogP contribution in [0.5, 0.6) is 0 Å². The maximum Gasteiger partial charge on any atom is 0.245 e. The van der Waals surface area contributed by atoms with Crippen LogP contribution in [-0.4, -0.2) is 49.8 Å². The van der Waals surface area contributed by atoms with Crippen LogP contribution in [0.15, 0.2) is 29.2 Å². The van der Waals surface area contributed by atoms with Crippen molar-refractivity contribution in [2.75, 3.05) is 31.6 Å². The first-order chi connectivity index (χ1) is 10.1. The van der Waals surface area contributed by atoms with E-state index in [4.69, 9.17) is 5.84 Å². The van der Waals surface area contributed by atoms with Crippen molar-refractivity contribution >= 4 is 15.7 Å². The van der Waals surface area contributed by atoms with E-state index in [1.54, 1.807) is 28.6 Å². The molecule has 2 aliphatic heterocycles. The second-order valence-corrected chi connectivity index (χ2v) is 7.60. The number of benzene rings is 1. The summed E-state index contributed by atoms with van der Waals surface area (Å²) < 4.78 is 27.5. The molecule has 0 amide bonds. The second-order valence-electron chi connectivity index (χ2n) is 5.69. The summed E-state index contributed by atoms with van der Waals surface area (Å²) in [4.78, 5) is 2.68. The number of hydrazine groups is 1. The highest BCUT2D eigenvalue weighted by Gasteiger charge is 2.35. The van der Waals surface area contributed by atoms with Crippen molar-refractivity contribution in [2.45, 2.75) is 30.2 Å². The standard InChI is InChI=1S/C14H22N4O2S/c15-16-13-6-1-2-7-14(13)21(19,20)18-10-4-9-17-8-3-5-12(17)11-18/h1-2,6-7,12,16H,3-5,8-11,15H2. The fourth-order valence-corrected chi connectivity index (χ4v) is 5.01. The highest BCUT2D eigenvalue weighted by atomic mass is 32.2. The molecule has 0 spiro atoms. The maximum absolute atomic E-state index is 12.9. The molecule has 0 aromatic heterocycles. The Kier molecular flexibility index (Phi) is 4.17. The minimum absolute atomic E-state index is 0.263. The average molecular weight is 310 g/mol. The van der Waals surface area contributed by atoms with Gasteiger partial charge >= 0.3 is 0 Å². The molecule has 2 heterocycles. The van der Waals surface area contributed by atoms with E-state index in [1.165, 1.54) is 6.42 Å². The van der Waals surface area contributed by atoms with Crippen molar-refractivity contribution in [2.24, 2.45) is 5.84 Å². The predicted molar refractivity (Wildman–Crippen MR) is 82.2 cm³/mol. The fraction of sp³-hybridized carbons (Fsp3) is 0.571. The molecule has 1 atom stereocenters. The van der Waals surface area contributed by atoms with Crippen LogP contribution in [-0.2, 0) is 10.0 Å². The molecule has 1 aromatic carbocycles. The molecular formula is C14H22N4O2S. The van der Waals surface area contributed by atoms with Crippen LogP contribution in [0.1, 0.15) is 19.3 Å². The molecule has 1 unspecified atom stereocenters. The normalized spacial score (nSPS) is 24.5. The number of hydrogen-bond acceptors (Lipinski definition) is 5. The molecular weight excluding hydrogens is 288 g/mol. The highest BCUT2D eigenvalue weighted by Crippen LogP contribution is 2.28. The number of sulfonamides is 1. The molecule has 3 N–H and O–H groups in total. The first-order valence-corrected chi connectivity index (χ1v) is 8.87. The lowest BCUT2D eigenvalue weighted by molar-refractivity contribution is 0.257. The second kappa shape index (κ2) is 5.92. The van der Waals surface area contributed by atoms with E-state index < -0.39 is 10.0 Å². The summed E-state index contributed by atoms with van der Waals surface area (Å²) in [6, 6.07) is 7.16. The van der Waals surface area contributed by atoms with Crippen LogP contribution in [0.4, 0.5) is 5.69 Å². The number of fused-ring (bicyclic) bond motifs is 1. The van der Waals surface area contributed by atoms with Gasteiger partial charge in [0.05, 0.1) is 5.69 Å². The highest BCUT2D eigenvalue weighted by molar-refractivity contribution is 7.89. The number of hydrogen-bond donors (Lipinski definition) is 2. The van der Waals surface area contributed by atoms with E-state index in [0.717, 1.165) is 25.9 Å². The third kappa shape index (κ3) is 2.78. The van der Waals surface area contributed by atoms with E-state index in [2.05, 4.69) is 10.3 Å². The van der Waals surface area contributed by atoms with Crippen molar-refractivity contribution < 1.29 is 8.42 Å². The Morgan fingerprint density at radius 3 is 2.71 bits per heavy atom. The molecule has 0 aliphatic carbocycles. The van der Waals surface area contributed by atoms with E-state index in [9.17, 15) is 8.42 Å². The minimum Gasteiger partial charge on any atom is -0.323 e. The molecule has 2 saturated heterocycles. The summed E-state index contributed by atoms with van der Waals surface area (Å²) in [5.74, 6) is 5.45. The van der Waals surface area contributed by atoms with Gasteiger partial charge in [0.15, 0.2) is 0 Å². The summed E-state index contributed by atoms with van der Waals surface area (Å²) in [5, 5.41) is 0. The van der Waals surface area contributed by atoms with Gasteiger partial charge in [-0.1, -0.05) is 12.1 Å². The van der Waals surface area contributed by atoms with Gasteiger partial charge in [0.1, 0.15) is 4.90 Å². The molecule has 6 nitrogen and oxygen atoms in total. The zero-order valence-corrected chi connectivity index (χ0v) is 12.8. The van der Waals surface area contributed by atoms with Gasteiger partial charge in [-0.2, -0.15) is 4.31 Å². The van der Waals surface area contributed by atoms with Crippen molar-refractivity contribution in [1.82, 2.24) is 9.21 Å². The topological polar surface area (TPSA) is 78.7 Å². The van der Waals surface area contributed by atoms with Crippen LogP contribution in [0.3, 0.4) is 0 Å². The molecule has 0 bridgehead atoms. The zero-order chi connectivity index (χ0) is 14.9. The predicted octanol–water partition coefficient (Wildman–Crippen LogP) is 0.831. The summed E-state index contributed by atoms with van der Waals surface area (Å²) >= 11 is 0. The van der Waals surface area contributed by atoms with Gasteiger partial charge in [-0.15, -0.1) is 0 Å². The summed E-state index contributed by atoms with van der Waals surface area (Å²) in [6.07, 6.45) is 3.14. The molecule has 7 heteroatoms. The Morgan fingerprint density at radius 1 is 1.14 bits per heavy atom. The number of nitrogens with two attached hydrogens (primary N) is 1. The van der Waals surface area contributed by atoms with E-state index in [0.29, 0.717) is 24.8 Å². The Hall–Kier alpha value is -1.15. The largest absolute Gasteiger partial charge is 0.323 e. The minimum atomic E-state index is -3.50. The number of para-hydroxylation sites is 1. The molecule has 1 aromatic rings. The fourth-order valence-electron chi connectivity index (χ4n) is 3.34. The molecule has 2 aliphatic rings. The first-order valence-electron chi connectivity index (χ1n) is 7.43. The number of nitrogens with zero attached hydrogens (tertiary/aromatic N) is 2. The molecule has 21 heavy (non-hydrogen) atoms. The van der Waals surface area contributed by atoms with Gasteiger partial charge in [-0.3, -0.25) is 10.7 Å². The van der Waals surface area contributed by atoms with Crippen LogP contribution in [0.2, 0.25) is 0 Å². The number of nitrogens with one attached hydrogen (secondary N) is 1. The lowest BCUT2D eigenvalue weighted by Crippen LogP contribution is -2.39. The van der Waals surface area contributed by atoms with Crippen LogP contribution >= 0.6 is 0 Å². The van der Waals surface area contributed by atoms with E-state index in [1.807, 2.05) is 0 Å². The SMILES string of the molecule is NNc1ccccc1S(=O)(=O)N1CCCN2CCCC2C1. The average Bonchev–Trinajstić information content (AvgIpc) is 2.83. The zero-order valence-electron chi connectivity index (χ0n) is 12.0. The number of anilines is 1. The number of rotatable bonds is 3. The van der Waals surface area contributed by atoms with Gasteiger partial charge in [-0.05, 0) is 44.5 Å². The lowest BCUT2D eigenvalue weighted by Gasteiger charge is -2.25. The Balaban J connectivity index is 1.90. The van der Waals surface area contributed by atoms with Gasteiger partial charge < -0.3 is 5.43 Å². The molecule has 3 rings (SSSR count). The molecule has 2 fully saturated rings. The first kappa shape index (κ1) is 14.8. The van der Waals surface area contributed by atoms with E-state index in [-0.39, 0.29) is 4.90 Å². The maximum atomic E-state index is 12.9. The molecule has 0 saturated carbocycles. The van der Waals surface area contributed by atoms with Crippen LogP contribution in [0, 0.1) is 0 Å². The third-order valence-electron chi connectivity index (χ3n) is 4.43. The Labute approximate surface area is 125 Å². The smallest absolute Gasteiger partial charge is 0.245 e. The number of nitrogen functional groups attached to an aromatic ring is 1. The Morgan fingerprint density at radius 2 is 1.90 bits per heavy atom. The summed E-state index contributed by atoms with van der Waals surface area (Å²) in [7, 11) is -3.50. The summed E-state index contributed by atoms with van der Waals surface area (Å²) in [5.41, 5.74) is 2.94. The lowest BCUT2D eigenvalue weighted by atomic mass is 10.2. The molecule has 116 valence electrons. The van der Waals surface area contributed by atoms with Gasteiger partial charge in [-0.25, -0.2) is 8.42 Å². The Bertz CT molecular complexity index is 605. The summed E-state index contributed by atoms with van der Waals surface area (Å²) in [6.45, 7) is 3.25. The van der Waals surface area contributed by atoms with Crippen LogP contribution < -0.4 is 11.3 Å². The van der Waals surface area contributed by atoms with Crippen LogP contribution in [0.25, 0.3) is 0 Å². The van der Waals surface area contributed by atoms with Gasteiger partial charge in [0.25, 0.3) is 0 Å². The van der Waals surface area contributed by atoms with E-state index >= 15 is 0 Å².